The summed E-state index contributed by atoms with van der Waals surface area (Å²) in [6.45, 7) is 1.70. The Morgan fingerprint density at radius 3 is 2.44 bits per heavy atom. The number of hydrogen-bond acceptors (Lipinski definition) is 1. The molecule has 1 aromatic carbocycles. The molecule has 0 N–H and O–H groups in total. The van der Waals surface area contributed by atoms with Crippen molar-refractivity contribution in [3.8, 4) is 0 Å². The van der Waals surface area contributed by atoms with Crippen LogP contribution >= 0.6 is 0 Å². The fourth-order valence-corrected chi connectivity index (χ4v) is 1.97. The quantitative estimate of drug-likeness (QED) is 0.591. The van der Waals surface area contributed by atoms with Crippen LogP contribution in [0.1, 0.15) is 35.7 Å². The van der Waals surface area contributed by atoms with Crippen LogP contribution in [0.3, 0.4) is 0 Å². The first-order valence-electron chi connectivity index (χ1n) is 5.71. The first-order chi connectivity index (χ1) is 8.30. The Balaban J connectivity index is 2.31. The SMILES string of the molecule is CC(C(=O)c1ccc(F)c(C(F)(F)F)c1)C1CC1. The van der Waals surface area contributed by atoms with E-state index < -0.39 is 17.6 Å². The van der Waals surface area contributed by atoms with Crippen molar-refractivity contribution in [1.29, 1.82) is 0 Å². The van der Waals surface area contributed by atoms with Gasteiger partial charge in [-0.15, -0.1) is 0 Å². The lowest BCUT2D eigenvalue weighted by Crippen LogP contribution is -2.16. The summed E-state index contributed by atoms with van der Waals surface area (Å²) in [6.07, 6.45) is -2.91. The van der Waals surface area contributed by atoms with E-state index in [4.69, 9.17) is 0 Å². The molecule has 1 nitrogen and oxygen atoms in total. The number of benzene rings is 1. The maximum atomic E-state index is 13.1. The van der Waals surface area contributed by atoms with Crippen LogP contribution in [0.5, 0.6) is 0 Å². The van der Waals surface area contributed by atoms with Gasteiger partial charge in [-0.1, -0.05) is 6.92 Å². The van der Waals surface area contributed by atoms with Gasteiger partial charge in [0.2, 0.25) is 0 Å². The second kappa shape index (κ2) is 4.37. The van der Waals surface area contributed by atoms with Gasteiger partial charge in [-0.2, -0.15) is 13.2 Å². The van der Waals surface area contributed by atoms with Crippen LogP contribution in [0.2, 0.25) is 0 Å². The Labute approximate surface area is 102 Å². The zero-order valence-electron chi connectivity index (χ0n) is 9.72. The molecule has 0 heterocycles. The Kier molecular flexibility index (Phi) is 3.17. The fourth-order valence-electron chi connectivity index (χ4n) is 1.97. The molecule has 0 spiro atoms. The summed E-state index contributed by atoms with van der Waals surface area (Å²) in [4.78, 5) is 11.9. The van der Waals surface area contributed by atoms with Gasteiger partial charge in [-0.05, 0) is 37.0 Å². The maximum Gasteiger partial charge on any atom is 0.419 e. The number of ketones is 1. The number of carbonyl (C=O) groups is 1. The summed E-state index contributed by atoms with van der Waals surface area (Å²) >= 11 is 0. The number of rotatable bonds is 3. The molecule has 18 heavy (non-hydrogen) atoms. The molecule has 0 amide bonds. The summed E-state index contributed by atoms with van der Waals surface area (Å²) in [5, 5.41) is 0. The third-order valence-electron chi connectivity index (χ3n) is 3.30. The van der Waals surface area contributed by atoms with E-state index in [1.165, 1.54) is 0 Å². The van der Waals surface area contributed by atoms with Crippen molar-refractivity contribution in [3.63, 3.8) is 0 Å². The fraction of sp³-hybridized carbons (Fsp3) is 0.462. The minimum atomic E-state index is -4.77. The molecule has 0 radical (unpaired) electrons. The van der Waals surface area contributed by atoms with E-state index in [1.54, 1.807) is 6.92 Å². The smallest absolute Gasteiger partial charge is 0.294 e. The molecule has 1 unspecified atom stereocenters. The minimum absolute atomic E-state index is 0.0666. The number of halogens is 4. The standard InChI is InChI=1S/C13H12F4O/c1-7(8-2-3-8)12(18)9-4-5-11(14)10(6-9)13(15,16)17/h4-8H,2-3H2,1H3. The molecule has 1 aliphatic rings. The minimum Gasteiger partial charge on any atom is -0.294 e. The molecule has 0 aromatic heterocycles. The van der Waals surface area contributed by atoms with Gasteiger partial charge in [0.05, 0.1) is 5.56 Å². The lowest BCUT2D eigenvalue weighted by atomic mass is 9.94. The first-order valence-corrected chi connectivity index (χ1v) is 5.71. The van der Waals surface area contributed by atoms with E-state index >= 15 is 0 Å². The van der Waals surface area contributed by atoms with Crippen LogP contribution in [0.15, 0.2) is 18.2 Å². The number of Topliss-reactive ketones (excluding diaryl/α,β-unsaturated/α-hetero) is 1. The molecule has 0 aliphatic heterocycles. The summed E-state index contributed by atoms with van der Waals surface area (Å²) < 4.78 is 50.6. The summed E-state index contributed by atoms with van der Waals surface area (Å²) in [6, 6.07) is 2.43. The molecular weight excluding hydrogens is 248 g/mol. The molecule has 2 rings (SSSR count). The molecular formula is C13H12F4O. The second-order valence-electron chi connectivity index (χ2n) is 4.68. The van der Waals surface area contributed by atoms with Crippen molar-refractivity contribution in [1.82, 2.24) is 0 Å². The highest BCUT2D eigenvalue weighted by Crippen LogP contribution is 2.39. The van der Waals surface area contributed by atoms with Crippen molar-refractivity contribution < 1.29 is 22.4 Å². The van der Waals surface area contributed by atoms with Crippen LogP contribution in [0.25, 0.3) is 0 Å². The normalized spacial score (nSPS) is 17.6. The Morgan fingerprint density at radius 2 is 1.94 bits per heavy atom. The summed E-state index contributed by atoms with van der Waals surface area (Å²) in [7, 11) is 0. The topological polar surface area (TPSA) is 17.1 Å². The van der Waals surface area contributed by atoms with E-state index in [2.05, 4.69) is 0 Å². The predicted molar refractivity (Wildman–Crippen MR) is 57.6 cm³/mol. The molecule has 0 saturated heterocycles. The van der Waals surface area contributed by atoms with Crippen LogP contribution in [0, 0.1) is 17.7 Å². The van der Waals surface area contributed by atoms with Crippen LogP contribution < -0.4 is 0 Å². The zero-order chi connectivity index (χ0) is 13.5. The van der Waals surface area contributed by atoms with Gasteiger partial charge in [-0.3, -0.25) is 4.79 Å². The number of carbonyl (C=O) groups excluding carboxylic acids is 1. The van der Waals surface area contributed by atoms with Crippen molar-refractivity contribution in [2.24, 2.45) is 11.8 Å². The van der Waals surface area contributed by atoms with Gasteiger partial charge in [-0.25, -0.2) is 4.39 Å². The van der Waals surface area contributed by atoms with Gasteiger partial charge < -0.3 is 0 Å². The highest BCUT2D eigenvalue weighted by Gasteiger charge is 2.37. The van der Waals surface area contributed by atoms with Crippen LogP contribution in [0.4, 0.5) is 17.6 Å². The van der Waals surface area contributed by atoms with Crippen molar-refractivity contribution in [2.75, 3.05) is 0 Å². The Morgan fingerprint density at radius 1 is 1.33 bits per heavy atom. The molecule has 1 aliphatic carbocycles. The maximum absolute atomic E-state index is 13.1. The lowest BCUT2D eigenvalue weighted by molar-refractivity contribution is -0.140. The van der Waals surface area contributed by atoms with Crippen molar-refractivity contribution in [3.05, 3.63) is 35.1 Å². The van der Waals surface area contributed by atoms with Gasteiger partial charge in [0.15, 0.2) is 5.78 Å². The summed E-state index contributed by atoms with van der Waals surface area (Å²) in [5.74, 6) is -1.73. The highest BCUT2D eigenvalue weighted by atomic mass is 19.4. The highest BCUT2D eigenvalue weighted by molar-refractivity contribution is 5.98. The number of hydrogen-bond donors (Lipinski definition) is 0. The van der Waals surface area contributed by atoms with E-state index in [0.717, 1.165) is 18.9 Å². The first kappa shape index (κ1) is 13.1. The van der Waals surface area contributed by atoms with Gasteiger partial charge in [0.25, 0.3) is 0 Å². The Bertz CT molecular complexity index is 474. The van der Waals surface area contributed by atoms with Gasteiger partial charge in [0, 0.05) is 11.5 Å². The van der Waals surface area contributed by atoms with Crippen LogP contribution in [-0.2, 0) is 6.18 Å². The molecule has 1 fully saturated rings. The van der Waals surface area contributed by atoms with Crippen molar-refractivity contribution in [2.45, 2.75) is 25.9 Å². The van der Waals surface area contributed by atoms with Gasteiger partial charge in [0.1, 0.15) is 5.82 Å². The molecule has 1 saturated carbocycles. The molecule has 0 bridgehead atoms. The third kappa shape index (κ3) is 2.54. The van der Waals surface area contributed by atoms with Crippen molar-refractivity contribution >= 4 is 5.78 Å². The summed E-state index contributed by atoms with van der Waals surface area (Å²) in [5.41, 5.74) is -1.44. The molecule has 98 valence electrons. The second-order valence-corrected chi connectivity index (χ2v) is 4.68. The monoisotopic (exact) mass is 260 g/mol. The average Bonchev–Trinajstić information content (AvgIpc) is 3.10. The third-order valence-corrected chi connectivity index (χ3v) is 3.30. The van der Waals surface area contributed by atoms with E-state index in [0.29, 0.717) is 12.1 Å². The number of alkyl halides is 3. The molecule has 1 aromatic rings. The predicted octanol–water partition coefficient (Wildman–Crippen LogP) is 4.07. The van der Waals surface area contributed by atoms with Crippen LogP contribution in [-0.4, -0.2) is 5.78 Å². The van der Waals surface area contributed by atoms with E-state index in [1.807, 2.05) is 0 Å². The largest absolute Gasteiger partial charge is 0.419 e. The van der Waals surface area contributed by atoms with E-state index in [9.17, 15) is 22.4 Å². The van der Waals surface area contributed by atoms with Gasteiger partial charge >= 0.3 is 6.18 Å². The Hall–Kier alpha value is -1.39. The average molecular weight is 260 g/mol. The molecule has 5 heteroatoms. The lowest BCUT2D eigenvalue weighted by Gasteiger charge is -2.12. The molecule has 1 atom stereocenters. The zero-order valence-corrected chi connectivity index (χ0v) is 9.72. The van der Waals surface area contributed by atoms with E-state index in [-0.39, 0.29) is 23.2 Å².